The zero-order valence-corrected chi connectivity index (χ0v) is 22.2. The minimum atomic E-state index is -1.00. The number of carboxylic acid groups (broad SMARTS) is 3. The van der Waals surface area contributed by atoms with Gasteiger partial charge >= 0.3 is 17.9 Å². The molecule has 7 heteroatoms. The summed E-state index contributed by atoms with van der Waals surface area (Å²) in [4.78, 5) is 33.3. The zero-order valence-electron chi connectivity index (χ0n) is 22.2. The van der Waals surface area contributed by atoms with Crippen LogP contribution in [0.15, 0.2) is 36.7 Å². The van der Waals surface area contributed by atoms with Gasteiger partial charge in [0.25, 0.3) is 0 Å². The molecule has 2 atom stereocenters. The van der Waals surface area contributed by atoms with Crippen LogP contribution in [0, 0.1) is 11.8 Å². The molecule has 0 aromatic carbocycles. The molecule has 1 rings (SSSR count). The molecular formula is C29H49NO6. The van der Waals surface area contributed by atoms with Gasteiger partial charge in [0.2, 0.25) is 0 Å². The van der Waals surface area contributed by atoms with Crippen molar-refractivity contribution in [3.05, 3.63) is 36.7 Å². The first kappa shape index (κ1) is 33.4. The molecule has 0 spiro atoms. The first-order chi connectivity index (χ1) is 17.4. The third-order valence-corrected chi connectivity index (χ3v) is 6.38. The van der Waals surface area contributed by atoms with Crippen molar-refractivity contribution in [3.63, 3.8) is 0 Å². The van der Waals surface area contributed by atoms with Gasteiger partial charge in [-0.15, -0.1) is 0 Å². The quantitative estimate of drug-likeness (QED) is 0.120. The van der Waals surface area contributed by atoms with Crippen LogP contribution in [0.3, 0.4) is 0 Å². The molecule has 0 saturated heterocycles. The fraction of sp³-hybridized carbons (Fsp3) is 0.690. The lowest BCUT2D eigenvalue weighted by molar-refractivity contribution is -0.143. The summed E-state index contributed by atoms with van der Waals surface area (Å²) < 4.78 is 0. The molecule has 1 aliphatic rings. The average Bonchev–Trinajstić information content (AvgIpc) is 3.16. The average molecular weight is 508 g/mol. The highest BCUT2D eigenvalue weighted by atomic mass is 16.4. The number of hydrogen-bond donors (Lipinski definition) is 4. The second kappa shape index (κ2) is 24.1. The van der Waals surface area contributed by atoms with Gasteiger partial charge < -0.3 is 20.6 Å². The van der Waals surface area contributed by atoms with Crippen LogP contribution in [0.5, 0.6) is 0 Å². The maximum atomic E-state index is 11.4. The molecule has 0 amide bonds. The van der Waals surface area contributed by atoms with E-state index in [-0.39, 0.29) is 12.8 Å². The van der Waals surface area contributed by atoms with Crippen LogP contribution in [0.4, 0.5) is 0 Å². The number of carboxylic acids is 3. The van der Waals surface area contributed by atoms with Crippen LogP contribution < -0.4 is 5.32 Å². The summed E-state index contributed by atoms with van der Waals surface area (Å²) in [7, 11) is 0. The van der Waals surface area contributed by atoms with Gasteiger partial charge in [0, 0.05) is 18.8 Å². The molecule has 4 N–H and O–H groups in total. The molecule has 0 radical (unpaired) electrons. The Labute approximate surface area is 217 Å². The molecule has 0 saturated carbocycles. The van der Waals surface area contributed by atoms with Gasteiger partial charge in [0.15, 0.2) is 0 Å². The van der Waals surface area contributed by atoms with Gasteiger partial charge in [-0.2, -0.15) is 0 Å². The number of hydrogen-bond acceptors (Lipinski definition) is 4. The second-order valence-electron chi connectivity index (χ2n) is 9.53. The van der Waals surface area contributed by atoms with E-state index in [2.05, 4.69) is 12.2 Å². The fourth-order valence-electron chi connectivity index (χ4n) is 4.15. The molecule has 0 fully saturated rings. The fourth-order valence-corrected chi connectivity index (χ4v) is 4.15. The standard InChI is InChI=1S/C23H42O6.C6H7N/c1-2-3-4-5-6-7-8-9-10-11-12-14-19(22(26)27)15-13-16-20(23(28)29)17-18-21(24)25;1-2-4-6-7-5-3-1/h19-20H,2-18H2,1H3,(H,24,25)(H,26,27)(H,28,29);1-7H. The number of allylic oxidation sites excluding steroid dienone is 4. The molecule has 1 aliphatic heterocycles. The normalized spacial score (nSPS) is 13.7. The zero-order chi connectivity index (χ0) is 26.9. The predicted molar refractivity (Wildman–Crippen MR) is 145 cm³/mol. The van der Waals surface area contributed by atoms with E-state index >= 15 is 0 Å². The Balaban J connectivity index is 0.00000148. The lowest BCUT2D eigenvalue weighted by atomic mass is 9.91. The first-order valence-electron chi connectivity index (χ1n) is 13.8. The number of aliphatic carboxylic acids is 3. The van der Waals surface area contributed by atoms with E-state index in [0.29, 0.717) is 25.7 Å². The van der Waals surface area contributed by atoms with E-state index in [0.717, 1.165) is 19.3 Å². The monoisotopic (exact) mass is 507 g/mol. The second-order valence-corrected chi connectivity index (χ2v) is 9.53. The summed E-state index contributed by atoms with van der Waals surface area (Å²) in [6.45, 7) is 2.23. The van der Waals surface area contributed by atoms with Crippen LogP contribution >= 0.6 is 0 Å². The lowest BCUT2D eigenvalue weighted by Crippen LogP contribution is -2.17. The highest BCUT2D eigenvalue weighted by molar-refractivity contribution is 5.72. The summed E-state index contributed by atoms with van der Waals surface area (Å²) in [5.41, 5.74) is 0. The smallest absolute Gasteiger partial charge is 0.306 e. The molecule has 0 aliphatic carbocycles. The summed E-state index contributed by atoms with van der Waals surface area (Å²) in [5, 5.41) is 30.2. The van der Waals surface area contributed by atoms with E-state index in [1.54, 1.807) is 0 Å². The highest BCUT2D eigenvalue weighted by Gasteiger charge is 2.21. The van der Waals surface area contributed by atoms with Crippen LogP contribution in [0.25, 0.3) is 0 Å². The predicted octanol–water partition coefficient (Wildman–Crippen LogP) is 7.30. The largest absolute Gasteiger partial charge is 0.481 e. The van der Waals surface area contributed by atoms with Gasteiger partial charge in [-0.1, -0.05) is 96.1 Å². The molecule has 0 aromatic rings. The van der Waals surface area contributed by atoms with Crippen LogP contribution in [0.1, 0.15) is 116 Å². The Morgan fingerprint density at radius 1 is 0.583 bits per heavy atom. The van der Waals surface area contributed by atoms with Gasteiger partial charge in [0.05, 0.1) is 11.8 Å². The number of unbranched alkanes of at least 4 members (excludes halogenated alkanes) is 10. The molecule has 7 nitrogen and oxygen atoms in total. The minimum absolute atomic E-state index is 0.0982. The Morgan fingerprint density at radius 2 is 1.00 bits per heavy atom. The first-order valence-corrected chi connectivity index (χ1v) is 13.8. The Morgan fingerprint density at radius 3 is 1.44 bits per heavy atom. The molecule has 1 heterocycles. The lowest BCUT2D eigenvalue weighted by Gasteiger charge is -2.15. The van der Waals surface area contributed by atoms with Crippen LogP contribution in [0.2, 0.25) is 0 Å². The van der Waals surface area contributed by atoms with E-state index in [1.165, 1.54) is 51.4 Å². The van der Waals surface area contributed by atoms with Crippen molar-refractivity contribution >= 4 is 17.9 Å². The van der Waals surface area contributed by atoms with Crippen molar-refractivity contribution < 1.29 is 29.7 Å². The summed E-state index contributed by atoms with van der Waals surface area (Å²) >= 11 is 0. The van der Waals surface area contributed by atoms with Crippen LogP contribution in [-0.4, -0.2) is 33.2 Å². The maximum absolute atomic E-state index is 11.4. The van der Waals surface area contributed by atoms with E-state index < -0.39 is 29.7 Å². The molecule has 2 unspecified atom stereocenters. The summed E-state index contributed by atoms with van der Waals surface area (Å²) in [6, 6.07) is 0. The number of rotatable bonds is 21. The van der Waals surface area contributed by atoms with E-state index in [1.807, 2.05) is 36.7 Å². The molecule has 0 bridgehead atoms. The number of carbonyl (C=O) groups is 3. The van der Waals surface area contributed by atoms with Crippen LogP contribution in [-0.2, 0) is 14.4 Å². The summed E-state index contributed by atoms with van der Waals surface area (Å²) in [6.07, 6.45) is 27.0. The van der Waals surface area contributed by atoms with Crippen molar-refractivity contribution in [2.24, 2.45) is 11.8 Å². The highest BCUT2D eigenvalue weighted by Crippen LogP contribution is 2.22. The van der Waals surface area contributed by atoms with E-state index in [4.69, 9.17) is 10.2 Å². The number of nitrogens with one attached hydrogen (secondary N) is 1. The van der Waals surface area contributed by atoms with Gasteiger partial charge in [-0.05, 0) is 37.8 Å². The topological polar surface area (TPSA) is 124 Å². The van der Waals surface area contributed by atoms with Crippen molar-refractivity contribution in [1.82, 2.24) is 5.32 Å². The SMILES string of the molecule is C1=CC=CNC=C1.CCCCCCCCCCCCCC(CCCC(CCC(=O)O)C(=O)O)C(=O)O. The minimum Gasteiger partial charge on any atom is -0.481 e. The van der Waals surface area contributed by atoms with Gasteiger partial charge in [0.1, 0.15) is 0 Å². The molecule has 206 valence electrons. The third kappa shape index (κ3) is 21.9. The van der Waals surface area contributed by atoms with Crippen molar-refractivity contribution in [3.8, 4) is 0 Å². The van der Waals surface area contributed by atoms with Crippen molar-refractivity contribution in [2.45, 2.75) is 116 Å². The summed E-state index contributed by atoms with van der Waals surface area (Å²) in [5.74, 6) is -3.95. The maximum Gasteiger partial charge on any atom is 0.306 e. The van der Waals surface area contributed by atoms with Crippen molar-refractivity contribution in [1.29, 1.82) is 0 Å². The van der Waals surface area contributed by atoms with Crippen molar-refractivity contribution in [2.75, 3.05) is 0 Å². The van der Waals surface area contributed by atoms with Gasteiger partial charge in [-0.25, -0.2) is 0 Å². The third-order valence-electron chi connectivity index (χ3n) is 6.38. The Hall–Kier alpha value is -2.57. The van der Waals surface area contributed by atoms with Gasteiger partial charge in [-0.3, -0.25) is 14.4 Å². The Kier molecular flexibility index (Phi) is 22.4. The van der Waals surface area contributed by atoms with E-state index in [9.17, 15) is 19.5 Å². The molecular weight excluding hydrogens is 458 g/mol. The molecule has 36 heavy (non-hydrogen) atoms. The molecule has 0 aromatic heterocycles. The Bertz CT molecular complexity index is 657.